The zero-order valence-corrected chi connectivity index (χ0v) is 39.9. The van der Waals surface area contributed by atoms with Gasteiger partial charge in [0, 0.05) is 16.5 Å². The first kappa shape index (κ1) is 43.5. The molecule has 1 heterocycles. The first-order valence-corrected chi connectivity index (χ1v) is 21.8. The summed E-state index contributed by atoms with van der Waals surface area (Å²) in [6.07, 6.45) is 8.11. The summed E-state index contributed by atoms with van der Waals surface area (Å²) in [6.45, 7) is 49.5. The van der Waals surface area contributed by atoms with E-state index < -0.39 is 0 Å². The Morgan fingerprint density at radius 3 is 1.67 bits per heavy atom. The maximum Gasteiger partial charge on any atom is 0.0547 e. The van der Waals surface area contributed by atoms with Gasteiger partial charge in [0.1, 0.15) is 0 Å². The number of rotatable bonds is 3. The summed E-state index contributed by atoms with van der Waals surface area (Å²) in [5.41, 5.74) is 16.6. The lowest BCUT2D eigenvalue weighted by Crippen LogP contribution is -2.27. The smallest absolute Gasteiger partial charge is 0.0547 e. The second-order valence-electron chi connectivity index (χ2n) is 24.2. The Morgan fingerprint density at radius 2 is 1.16 bits per heavy atom. The van der Waals surface area contributed by atoms with Crippen LogP contribution < -0.4 is 0 Å². The van der Waals surface area contributed by atoms with Crippen LogP contribution >= 0.6 is 0 Å². The van der Waals surface area contributed by atoms with Crippen LogP contribution in [0.1, 0.15) is 171 Å². The fourth-order valence-corrected chi connectivity index (χ4v) is 9.56. The monoisotopic (exact) mass is 774 g/mol. The average Bonchev–Trinajstić information content (AvgIpc) is 3.40. The quantitative estimate of drug-likeness (QED) is 0.161. The van der Waals surface area contributed by atoms with Gasteiger partial charge in [-0.2, -0.15) is 0 Å². The summed E-state index contributed by atoms with van der Waals surface area (Å²) < 4.78 is 2.59. The maximum absolute atomic E-state index is 4.36. The van der Waals surface area contributed by atoms with Gasteiger partial charge < -0.3 is 4.57 Å². The standard InChI is InChI=1S/C57H75N/c1-21-38(51(2,3)4)29-37-34-56(17,18)35-57(19,20)42-28-36(27-39(31-42)52(5,6)7)45-25-26-47-49(50(45)55(14,15)16)48-44(37)23-22-24-46(48)58(47)43-32-40(53(8,9)10)30-41(33-43)54(11,12)13/h21-34H,1,35H2,2-20H3/b37-34+,38-29+. The highest BCUT2D eigenvalue weighted by molar-refractivity contribution is 6.17. The van der Waals surface area contributed by atoms with Crippen molar-refractivity contribution in [1.29, 1.82) is 0 Å². The topological polar surface area (TPSA) is 4.93 Å². The Hall–Kier alpha value is -4.10. The lowest BCUT2D eigenvalue weighted by Gasteiger charge is -2.36. The molecule has 1 nitrogen and oxygen atoms in total. The number of hydrogen-bond acceptors (Lipinski definition) is 0. The van der Waals surface area contributed by atoms with Gasteiger partial charge in [0.05, 0.1) is 11.0 Å². The molecule has 0 atom stereocenters. The Labute approximate surface area is 353 Å². The van der Waals surface area contributed by atoms with Crippen LogP contribution in [0.5, 0.6) is 0 Å². The first-order valence-electron chi connectivity index (χ1n) is 21.8. The first-order chi connectivity index (χ1) is 26.3. The summed E-state index contributed by atoms with van der Waals surface area (Å²) in [4.78, 5) is 0. The van der Waals surface area contributed by atoms with E-state index in [0.29, 0.717) is 0 Å². The lowest BCUT2D eigenvalue weighted by atomic mass is 9.69. The molecule has 5 aromatic rings. The number of aromatic nitrogens is 1. The molecular formula is C57H75N. The molecule has 4 bridgehead atoms. The van der Waals surface area contributed by atoms with Crippen molar-refractivity contribution < 1.29 is 0 Å². The molecule has 0 spiro atoms. The maximum atomic E-state index is 4.36. The molecule has 0 saturated carbocycles. The minimum Gasteiger partial charge on any atom is -0.309 e. The van der Waals surface area contributed by atoms with Crippen LogP contribution in [0.2, 0.25) is 0 Å². The van der Waals surface area contributed by atoms with Gasteiger partial charge in [-0.3, -0.25) is 0 Å². The number of hydrogen-bond donors (Lipinski definition) is 0. The Kier molecular flexibility index (Phi) is 10.5. The van der Waals surface area contributed by atoms with Gasteiger partial charge in [-0.25, -0.2) is 0 Å². The van der Waals surface area contributed by atoms with Crippen LogP contribution in [-0.4, -0.2) is 4.57 Å². The predicted molar refractivity (Wildman–Crippen MR) is 258 cm³/mol. The molecule has 0 amide bonds. The van der Waals surface area contributed by atoms with E-state index in [4.69, 9.17) is 0 Å². The molecule has 1 aromatic heterocycles. The Balaban J connectivity index is 1.96. The molecule has 1 aliphatic carbocycles. The molecule has 308 valence electrons. The zero-order chi connectivity index (χ0) is 43.3. The van der Waals surface area contributed by atoms with E-state index in [1.54, 1.807) is 0 Å². The Bertz CT molecular complexity index is 2450. The normalized spacial score (nSPS) is 17.6. The molecular weight excluding hydrogens is 699 g/mol. The molecule has 1 heteroatoms. The minimum absolute atomic E-state index is 0.00570. The van der Waals surface area contributed by atoms with Crippen molar-refractivity contribution >= 4 is 27.4 Å². The number of fused-ring (bicyclic) bond motifs is 4. The summed E-state index contributed by atoms with van der Waals surface area (Å²) >= 11 is 0. The van der Waals surface area contributed by atoms with Crippen LogP contribution in [0.4, 0.5) is 0 Å². The third-order valence-electron chi connectivity index (χ3n) is 12.7. The SMILES string of the molecule is C=C/C(=C\C1=C/C(C)(C)CC(C)(C)c2cc(cc(C(C)(C)C)c2)-c2ccc3c(c2C(C)(C)C)c2c1cccc2n3-c1cc(C(C)(C)C)cc(C(C)(C)C)c1)C(C)(C)C. The summed E-state index contributed by atoms with van der Waals surface area (Å²) in [6, 6.07) is 26.8. The van der Waals surface area contributed by atoms with Crippen LogP contribution in [0.25, 0.3) is 44.2 Å². The summed E-state index contributed by atoms with van der Waals surface area (Å²) in [7, 11) is 0. The van der Waals surface area contributed by atoms with Crippen molar-refractivity contribution in [2.24, 2.45) is 10.8 Å². The van der Waals surface area contributed by atoms with Gasteiger partial charge in [-0.1, -0.05) is 199 Å². The molecule has 0 N–H and O–H groups in total. The zero-order valence-electron chi connectivity index (χ0n) is 39.9. The second kappa shape index (κ2) is 14.0. The van der Waals surface area contributed by atoms with E-state index >= 15 is 0 Å². The highest BCUT2D eigenvalue weighted by atomic mass is 15.0. The average molecular weight is 774 g/mol. The van der Waals surface area contributed by atoms with E-state index in [-0.39, 0.29) is 37.9 Å². The highest BCUT2D eigenvalue weighted by Gasteiger charge is 2.34. The molecule has 0 radical (unpaired) electrons. The molecule has 4 aromatic carbocycles. The molecule has 0 saturated heterocycles. The van der Waals surface area contributed by atoms with Crippen molar-refractivity contribution in [3.63, 3.8) is 0 Å². The van der Waals surface area contributed by atoms with Gasteiger partial charge in [-0.15, -0.1) is 0 Å². The van der Waals surface area contributed by atoms with Gasteiger partial charge in [0.15, 0.2) is 0 Å². The van der Waals surface area contributed by atoms with Crippen LogP contribution in [-0.2, 0) is 27.1 Å². The van der Waals surface area contributed by atoms with Gasteiger partial charge in [-0.05, 0) is 124 Å². The van der Waals surface area contributed by atoms with Crippen LogP contribution in [0, 0.1) is 10.8 Å². The van der Waals surface area contributed by atoms with E-state index in [2.05, 4.69) is 228 Å². The van der Waals surface area contributed by atoms with E-state index in [9.17, 15) is 0 Å². The largest absolute Gasteiger partial charge is 0.309 e. The number of benzene rings is 4. The highest BCUT2D eigenvalue weighted by Crippen LogP contribution is 2.50. The third kappa shape index (κ3) is 8.22. The van der Waals surface area contributed by atoms with Crippen LogP contribution in [0.3, 0.4) is 0 Å². The lowest BCUT2D eigenvalue weighted by molar-refractivity contribution is 0.321. The van der Waals surface area contributed by atoms with Crippen LogP contribution in [0.15, 0.2) is 97.1 Å². The third-order valence-corrected chi connectivity index (χ3v) is 12.7. The van der Waals surface area contributed by atoms with Gasteiger partial charge >= 0.3 is 0 Å². The Morgan fingerprint density at radius 1 is 0.603 bits per heavy atom. The van der Waals surface area contributed by atoms with Crippen molar-refractivity contribution in [2.75, 3.05) is 0 Å². The van der Waals surface area contributed by atoms with Gasteiger partial charge in [0.25, 0.3) is 0 Å². The molecule has 58 heavy (non-hydrogen) atoms. The molecule has 0 aliphatic heterocycles. The van der Waals surface area contributed by atoms with Crippen molar-refractivity contribution in [3.05, 3.63) is 130 Å². The molecule has 6 rings (SSSR count). The predicted octanol–water partition coefficient (Wildman–Crippen LogP) is 16.9. The van der Waals surface area contributed by atoms with E-state index in [0.717, 1.165) is 6.42 Å². The van der Waals surface area contributed by atoms with E-state index in [1.165, 1.54) is 83.1 Å². The fourth-order valence-electron chi connectivity index (χ4n) is 9.56. The molecule has 0 fully saturated rings. The van der Waals surface area contributed by atoms with E-state index in [1.807, 2.05) is 0 Å². The number of allylic oxidation sites excluding steroid dienone is 5. The molecule has 0 unspecified atom stereocenters. The molecule has 1 aliphatic rings. The summed E-state index contributed by atoms with van der Waals surface area (Å²) in [5, 5.41) is 2.67. The van der Waals surface area contributed by atoms with Crippen molar-refractivity contribution in [1.82, 2.24) is 4.57 Å². The van der Waals surface area contributed by atoms with Gasteiger partial charge in [0.2, 0.25) is 0 Å². The van der Waals surface area contributed by atoms with Crippen molar-refractivity contribution in [2.45, 2.75) is 165 Å². The number of nitrogens with zero attached hydrogens (tertiary/aromatic N) is 1. The fraction of sp³-hybridized carbons (Fsp3) is 0.474. The summed E-state index contributed by atoms with van der Waals surface area (Å²) in [5.74, 6) is 0. The van der Waals surface area contributed by atoms with Crippen molar-refractivity contribution in [3.8, 4) is 16.8 Å². The second-order valence-corrected chi connectivity index (χ2v) is 24.2. The minimum atomic E-state index is -0.171.